The van der Waals surface area contributed by atoms with Gasteiger partial charge in [-0.3, -0.25) is 4.79 Å². The van der Waals surface area contributed by atoms with E-state index in [0.29, 0.717) is 12.5 Å². The molecule has 5 heteroatoms. The van der Waals surface area contributed by atoms with E-state index in [2.05, 4.69) is 47.0 Å². The normalized spacial score (nSPS) is 16.1. The molecule has 4 nitrogen and oxygen atoms in total. The molecule has 1 saturated carbocycles. The lowest BCUT2D eigenvalue weighted by Crippen LogP contribution is -2.14. The SMILES string of the molecule is CP(N)C(=O)Cc1nc2ccc(Cc3ccccc3)cc2n1C1CCCC1. The van der Waals surface area contributed by atoms with Gasteiger partial charge in [0.1, 0.15) is 5.82 Å². The van der Waals surface area contributed by atoms with Gasteiger partial charge in [-0.2, -0.15) is 0 Å². The molecule has 1 aromatic heterocycles. The Balaban J connectivity index is 1.74. The van der Waals surface area contributed by atoms with Crippen LogP contribution in [0.25, 0.3) is 11.0 Å². The third-order valence-corrected chi connectivity index (χ3v) is 6.42. The summed E-state index contributed by atoms with van der Waals surface area (Å²) in [5.74, 6) is 0.888. The average Bonchev–Trinajstić information content (AvgIpc) is 3.29. The summed E-state index contributed by atoms with van der Waals surface area (Å²) in [5.41, 5.74) is 10.7. The van der Waals surface area contributed by atoms with Gasteiger partial charge in [-0.05, 0) is 49.2 Å². The van der Waals surface area contributed by atoms with E-state index in [9.17, 15) is 4.79 Å². The molecule has 1 unspecified atom stereocenters. The fraction of sp³-hybridized carbons (Fsp3) is 0.364. The number of fused-ring (bicyclic) bond motifs is 1. The van der Waals surface area contributed by atoms with Crippen LogP contribution in [-0.4, -0.2) is 21.7 Å². The van der Waals surface area contributed by atoms with Crippen molar-refractivity contribution in [1.29, 1.82) is 0 Å². The number of rotatable bonds is 6. The molecule has 0 amide bonds. The predicted molar refractivity (Wildman–Crippen MR) is 112 cm³/mol. The number of aromatic nitrogens is 2. The van der Waals surface area contributed by atoms with Crippen molar-refractivity contribution in [2.24, 2.45) is 5.50 Å². The Morgan fingerprint density at radius 1 is 1.15 bits per heavy atom. The zero-order valence-electron chi connectivity index (χ0n) is 15.8. The Kier molecular flexibility index (Phi) is 5.38. The number of carbonyl (C=O) groups is 1. The molecule has 1 fully saturated rings. The van der Waals surface area contributed by atoms with Crippen LogP contribution >= 0.6 is 8.07 Å². The van der Waals surface area contributed by atoms with Crippen LogP contribution in [0, 0.1) is 0 Å². The maximum atomic E-state index is 12.3. The van der Waals surface area contributed by atoms with Crippen molar-refractivity contribution in [3.8, 4) is 0 Å². The smallest absolute Gasteiger partial charge is 0.176 e. The summed E-state index contributed by atoms with van der Waals surface area (Å²) in [7, 11) is -1.07. The fourth-order valence-corrected chi connectivity index (χ4v) is 4.48. The standard InChI is InChI=1S/C22H26N3OP/c1-27(23)22(26)15-21-24-19-12-11-17(13-16-7-3-2-4-8-16)14-20(19)25(21)18-9-5-6-10-18/h2-4,7-8,11-12,14,18H,5-6,9-10,13,15,23H2,1H3. The van der Waals surface area contributed by atoms with E-state index in [0.717, 1.165) is 23.3 Å². The van der Waals surface area contributed by atoms with E-state index in [4.69, 9.17) is 10.5 Å². The molecule has 1 atom stereocenters. The summed E-state index contributed by atoms with van der Waals surface area (Å²) in [5, 5.41) is 0. The van der Waals surface area contributed by atoms with Gasteiger partial charge in [-0.25, -0.2) is 4.98 Å². The summed E-state index contributed by atoms with van der Waals surface area (Å²) in [6, 6.07) is 17.5. The highest BCUT2D eigenvalue weighted by Gasteiger charge is 2.24. The molecule has 0 aliphatic heterocycles. The van der Waals surface area contributed by atoms with Gasteiger partial charge in [-0.1, -0.05) is 49.2 Å². The third kappa shape index (κ3) is 3.97. The van der Waals surface area contributed by atoms with Crippen molar-refractivity contribution in [1.82, 2.24) is 9.55 Å². The Morgan fingerprint density at radius 3 is 2.59 bits per heavy atom. The number of hydrogen-bond acceptors (Lipinski definition) is 3. The molecule has 1 aliphatic rings. The van der Waals surface area contributed by atoms with Crippen LogP contribution in [-0.2, 0) is 17.6 Å². The zero-order chi connectivity index (χ0) is 18.8. The van der Waals surface area contributed by atoms with Crippen LogP contribution in [0.2, 0.25) is 0 Å². The molecule has 2 N–H and O–H groups in total. The topological polar surface area (TPSA) is 60.9 Å². The van der Waals surface area contributed by atoms with Crippen LogP contribution in [0.5, 0.6) is 0 Å². The number of nitrogens with two attached hydrogens (primary N) is 1. The highest BCUT2D eigenvalue weighted by atomic mass is 31.1. The lowest BCUT2D eigenvalue weighted by Gasteiger charge is -2.17. The molecule has 3 aromatic rings. The maximum absolute atomic E-state index is 12.3. The van der Waals surface area contributed by atoms with Crippen LogP contribution in [0.15, 0.2) is 48.5 Å². The zero-order valence-corrected chi connectivity index (χ0v) is 16.7. The van der Waals surface area contributed by atoms with Crippen molar-refractivity contribution < 1.29 is 4.79 Å². The summed E-state index contributed by atoms with van der Waals surface area (Å²) >= 11 is 0. The van der Waals surface area contributed by atoms with Gasteiger partial charge >= 0.3 is 0 Å². The Bertz CT molecular complexity index is 943. The Hall–Kier alpha value is -2.03. The third-order valence-electron chi connectivity index (χ3n) is 5.47. The molecule has 140 valence electrons. The molecule has 0 radical (unpaired) electrons. The fourth-order valence-electron chi connectivity index (χ4n) is 4.08. The van der Waals surface area contributed by atoms with Gasteiger partial charge in [0.25, 0.3) is 0 Å². The predicted octanol–water partition coefficient (Wildman–Crippen LogP) is 4.80. The molecule has 0 saturated heterocycles. The molecule has 1 aliphatic carbocycles. The van der Waals surface area contributed by atoms with E-state index in [1.54, 1.807) is 0 Å². The van der Waals surface area contributed by atoms with Crippen molar-refractivity contribution >= 4 is 24.6 Å². The first-order chi connectivity index (χ1) is 13.1. The summed E-state index contributed by atoms with van der Waals surface area (Å²) in [6.07, 6.45) is 6.08. The molecular weight excluding hydrogens is 353 g/mol. The molecular formula is C22H26N3OP. The molecule has 2 aromatic carbocycles. The number of hydrogen-bond donors (Lipinski definition) is 1. The van der Waals surface area contributed by atoms with Crippen LogP contribution in [0.3, 0.4) is 0 Å². The lowest BCUT2D eigenvalue weighted by atomic mass is 10.0. The van der Waals surface area contributed by atoms with Gasteiger partial charge in [-0.15, -0.1) is 0 Å². The Labute approximate surface area is 161 Å². The number of carbonyl (C=O) groups excluding carboxylic acids is 1. The molecule has 1 heterocycles. The second-order valence-electron chi connectivity index (χ2n) is 7.50. The number of nitrogens with zero attached hydrogens (tertiary/aromatic N) is 2. The first-order valence-corrected chi connectivity index (χ1v) is 11.5. The minimum Gasteiger partial charge on any atom is -0.324 e. The van der Waals surface area contributed by atoms with Gasteiger partial charge < -0.3 is 10.1 Å². The number of imidazole rings is 1. The van der Waals surface area contributed by atoms with Gasteiger partial charge in [0.05, 0.1) is 17.5 Å². The van der Waals surface area contributed by atoms with E-state index in [1.807, 2.05) is 12.7 Å². The highest BCUT2D eigenvalue weighted by Crippen LogP contribution is 2.35. The Morgan fingerprint density at radius 2 is 1.89 bits per heavy atom. The first-order valence-electron chi connectivity index (χ1n) is 9.67. The van der Waals surface area contributed by atoms with Crippen LogP contribution in [0.1, 0.15) is 48.7 Å². The largest absolute Gasteiger partial charge is 0.324 e. The van der Waals surface area contributed by atoms with Crippen molar-refractivity contribution in [2.45, 2.75) is 44.6 Å². The van der Waals surface area contributed by atoms with Gasteiger partial charge in [0.2, 0.25) is 0 Å². The monoisotopic (exact) mass is 379 g/mol. The second kappa shape index (κ2) is 7.92. The van der Waals surface area contributed by atoms with Crippen molar-refractivity contribution in [2.75, 3.05) is 6.66 Å². The van der Waals surface area contributed by atoms with Crippen molar-refractivity contribution in [3.63, 3.8) is 0 Å². The highest BCUT2D eigenvalue weighted by molar-refractivity contribution is 7.72. The lowest BCUT2D eigenvalue weighted by molar-refractivity contribution is -0.111. The average molecular weight is 379 g/mol. The summed E-state index contributed by atoms with van der Waals surface area (Å²) in [6.45, 7) is 1.82. The van der Waals surface area contributed by atoms with E-state index in [1.165, 1.54) is 36.8 Å². The minimum atomic E-state index is -1.07. The van der Waals surface area contributed by atoms with Crippen LogP contribution < -0.4 is 5.50 Å². The quantitative estimate of drug-likeness (QED) is 0.626. The van der Waals surface area contributed by atoms with Gasteiger partial charge in [0, 0.05) is 14.1 Å². The minimum absolute atomic E-state index is 0.115. The van der Waals surface area contributed by atoms with Crippen LogP contribution in [0.4, 0.5) is 0 Å². The number of benzene rings is 2. The van der Waals surface area contributed by atoms with E-state index in [-0.39, 0.29) is 5.52 Å². The second-order valence-corrected chi connectivity index (χ2v) is 9.22. The van der Waals surface area contributed by atoms with E-state index >= 15 is 0 Å². The summed E-state index contributed by atoms with van der Waals surface area (Å²) in [4.78, 5) is 17.1. The molecule has 0 spiro atoms. The molecule has 0 bridgehead atoms. The van der Waals surface area contributed by atoms with E-state index < -0.39 is 8.07 Å². The van der Waals surface area contributed by atoms with Gasteiger partial charge in [0.15, 0.2) is 5.52 Å². The van der Waals surface area contributed by atoms with Crippen molar-refractivity contribution in [3.05, 3.63) is 65.5 Å². The first kappa shape index (κ1) is 18.3. The molecule has 27 heavy (non-hydrogen) atoms. The summed E-state index contributed by atoms with van der Waals surface area (Å²) < 4.78 is 2.34. The maximum Gasteiger partial charge on any atom is 0.176 e. The molecule has 4 rings (SSSR count).